The highest BCUT2D eigenvalue weighted by atomic mass is 32.2. The second-order valence-electron chi connectivity index (χ2n) is 7.34. The van der Waals surface area contributed by atoms with Gasteiger partial charge >= 0.3 is 0 Å². The number of benzene rings is 2. The van der Waals surface area contributed by atoms with E-state index in [1.807, 2.05) is 49.4 Å². The Balaban J connectivity index is 1.65. The molecule has 1 aliphatic carbocycles. The standard InChI is InChI=1S/C21H22N2O3S2/c1-14-3-5-15(6-4-14)13-23(28(2,25)26)18-9-10-19-16(11-18)12-20(27-19)21(24)22-17-7-8-17/h3-6,9-12,17H,7-8,13H2,1-2H3,(H,22,24). The number of hydrogen-bond acceptors (Lipinski definition) is 4. The molecule has 7 heteroatoms. The second-order valence-corrected chi connectivity index (χ2v) is 10.3. The van der Waals surface area contributed by atoms with Gasteiger partial charge in [-0.05, 0) is 55.0 Å². The molecular weight excluding hydrogens is 392 g/mol. The first-order chi connectivity index (χ1) is 13.3. The first-order valence-electron chi connectivity index (χ1n) is 9.17. The van der Waals surface area contributed by atoms with Crippen molar-refractivity contribution in [2.45, 2.75) is 32.4 Å². The normalized spacial score (nSPS) is 14.2. The predicted molar refractivity (Wildman–Crippen MR) is 115 cm³/mol. The molecule has 0 spiro atoms. The van der Waals surface area contributed by atoms with Crippen LogP contribution in [-0.4, -0.2) is 26.6 Å². The van der Waals surface area contributed by atoms with E-state index >= 15 is 0 Å². The zero-order valence-electron chi connectivity index (χ0n) is 15.8. The Labute approximate surface area is 169 Å². The topological polar surface area (TPSA) is 66.5 Å². The number of amides is 1. The first-order valence-corrected chi connectivity index (χ1v) is 11.8. The molecule has 1 aromatic heterocycles. The second kappa shape index (κ2) is 7.22. The summed E-state index contributed by atoms with van der Waals surface area (Å²) in [7, 11) is -3.45. The average molecular weight is 415 g/mol. The number of aryl methyl sites for hydroxylation is 1. The minimum atomic E-state index is -3.45. The fraction of sp³-hybridized carbons (Fsp3) is 0.286. The van der Waals surface area contributed by atoms with Gasteiger partial charge in [0, 0.05) is 10.7 Å². The van der Waals surface area contributed by atoms with Crippen LogP contribution in [0.4, 0.5) is 5.69 Å². The number of carbonyl (C=O) groups excluding carboxylic acids is 1. The summed E-state index contributed by atoms with van der Waals surface area (Å²) in [6.45, 7) is 2.27. The summed E-state index contributed by atoms with van der Waals surface area (Å²) in [5.74, 6) is -0.0510. The molecule has 0 unspecified atom stereocenters. The SMILES string of the molecule is Cc1ccc(CN(c2ccc3sc(C(=O)NC4CC4)cc3c2)S(C)(=O)=O)cc1. The van der Waals surface area contributed by atoms with Crippen molar-refractivity contribution in [1.82, 2.24) is 5.32 Å². The molecule has 1 aliphatic rings. The summed E-state index contributed by atoms with van der Waals surface area (Å²) in [5.41, 5.74) is 2.65. The maximum atomic E-state index is 12.4. The number of nitrogens with one attached hydrogen (secondary N) is 1. The summed E-state index contributed by atoms with van der Waals surface area (Å²) in [6, 6.07) is 15.5. The maximum absolute atomic E-state index is 12.4. The van der Waals surface area contributed by atoms with Crippen LogP contribution in [0.1, 0.15) is 33.6 Å². The third-order valence-electron chi connectivity index (χ3n) is 4.77. The number of carbonyl (C=O) groups is 1. The molecule has 3 aromatic rings. The number of anilines is 1. The lowest BCUT2D eigenvalue weighted by Gasteiger charge is -2.22. The molecule has 5 nitrogen and oxygen atoms in total. The predicted octanol–water partition coefficient (Wildman–Crippen LogP) is 4.07. The van der Waals surface area contributed by atoms with E-state index in [-0.39, 0.29) is 12.5 Å². The Morgan fingerprint density at radius 2 is 1.86 bits per heavy atom. The van der Waals surface area contributed by atoms with Crippen molar-refractivity contribution >= 4 is 43.0 Å². The van der Waals surface area contributed by atoms with Crippen LogP contribution in [0.3, 0.4) is 0 Å². The monoisotopic (exact) mass is 414 g/mol. The van der Waals surface area contributed by atoms with E-state index < -0.39 is 10.0 Å². The fourth-order valence-corrected chi connectivity index (χ4v) is 4.87. The first kappa shape index (κ1) is 19.0. The molecule has 2 aromatic carbocycles. The van der Waals surface area contributed by atoms with E-state index in [0.29, 0.717) is 16.6 Å². The van der Waals surface area contributed by atoms with Crippen LogP contribution in [-0.2, 0) is 16.6 Å². The van der Waals surface area contributed by atoms with Crippen molar-refractivity contribution in [2.24, 2.45) is 0 Å². The zero-order valence-corrected chi connectivity index (χ0v) is 17.4. The van der Waals surface area contributed by atoms with Gasteiger partial charge in [-0.25, -0.2) is 8.42 Å². The highest BCUT2D eigenvalue weighted by Gasteiger charge is 2.25. The lowest BCUT2D eigenvalue weighted by Crippen LogP contribution is -2.29. The molecule has 1 saturated carbocycles. The number of fused-ring (bicyclic) bond motifs is 1. The van der Waals surface area contributed by atoms with Gasteiger partial charge in [0.05, 0.1) is 23.4 Å². The van der Waals surface area contributed by atoms with Crippen LogP contribution in [0, 0.1) is 6.92 Å². The molecule has 4 rings (SSSR count). The summed E-state index contributed by atoms with van der Waals surface area (Å²) >= 11 is 1.43. The van der Waals surface area contributed by atoms with Crippen LogP contribution in [0.2, 0.25) is 0 Å². The highest BCUT2D eigenvalue weighted by Crippen LogP contribution is 2.31. The van der Waals surface area contributed by atoms with E-state index in [0.717, 1.165) is 34.1 Å². The Bertz CT molecular complexity index is 1130. The minimum Gasteiger partial charge on any atom is -0.349 e. The average Bonchev–Trinajstić information content (AvgIpc) is 3.34. The van der Waals surface area contributed by atoms with Gasteiger partial charge in [0.2, 0.25) is 10.0 Å². The number of thiophene rings is 1. The molecule has 1 N–H and O–H groups in total. The molecule has 1 amide bonds. The minimum absolute atomic E-state index is 0.0510. The number of sulfonamides is 1. The smallest absolute Gasteiger partial charge is 0.261 e. The van der Waals surface area contributed by atoms with E-state index in [9.17, 15) is 13.2 Å². The van der Waals surface area contributed by atoms with Gasteiger partial charge in [0.1, 0.15) is 0 Å². The Morgan fingerprint density at radius 1 is 1.14 bits per heavy atom. The summed E-state index contributed by atoms with van der Waals surface area (Å²) in [5, 5.41) is 3.87. The molecule has 0 aliphatic heterocycles. The zero-order chi connectivity index (χ0) is 19.9. The molecule has 1 heterocycles. The van der Waals surface area contributed by atoms with Gasteiger partial charge in [-0.15, -0.1) is 11.3 Å². The van der Waals surface area contributed by atoms with Crippen molar-refractivity contribution in [2.75, 3.05) is 10.6 Å². The van der Waals surface area contributed by atoms with Crippen molar-refractivity contribution in [3.8, 4) is 0 Å². The number of rotatable bonds is 6. The summed E-state index contributed by atoms with van der Waals surface area (Å²) in [6.07, 6.45) is 3.31. The van der Waals surface area contributed by atoms with E-state index in [2.05, 4.69) is 5.32 Å². The molecule has 28 heavy (non-hydrogen) atoms. The molecular formula is C21H22N2O3S2. The molecule has 0 atom stereocenters. The quantitative estimate of drug-likeness (QED) is 0.661. The van der Waals surface area contributed by atoms with Crippen LogP contribution in [0.15, 0.2) is 48.5 Å². The van der Waals surface area contributed by atoms with Crippen LogP contribution < -0.4 is 9.62 Å². The Morgan fingerprint density at radius 3 is 2.50 bits per heavy atom. The lowest BCUT2D eigenvalue weighted by atomic mass is 10.1. The van der Waals surface area contributed by atoms with Gasteiger partial charge < -0.3 is 5.32 Å². The van der Waals surface area contributed by atoms with Crippen molar-refractivity contribution in [3.05, 3.63) is 64.5 Å². The molecule has 1 fully saturated rings. The van der Waals surface area contributed by atoms with Crippen molar-refractivity contribution in [1.29, 1.82) is 0 Å². The fourth-order valence-electron chi connectivity index (χ4n) is 3.04. The third kappa shape index (κ3) is 4.20. The summed E-state index contributed by atoms with van der Waals surface area (Å²) < 4.78 is 27.3. The van der Waals surface area contributed by atoms with Crippen molar-refractivity contribution in [3.63, 3.8) is 0 Å². The van der Waals surface area contributed by atoms with E-state index in [1.54, 1.807) is 6.07 Å². The molecule has 146 valence electrons. The molecule has 0 saturated heterocycles. The van der Waals surface area contributed by atoms with Gasteiger partial charge in [-0.3, -0.25) is 9.10 Å². The highest BCUT2D eigenvalue weighted by molar-refractivity contribution is 7.92. The maximum Gasteiger partial charge on any atom is 0.261 e. The van der Waals surface area contributed by atoms with Gasteiger partial charge in [0.25, 0.3) is 5.91 Å². The Hall–Kier alpha value is -2.38. The largest absolute Gasteiger partial charge is 0.349 e. The third-order valence-corrected chi connectivity index (χ3v) is 7.03. The van der Waals surface area contributed by atoms with Crippen LogP contribution in [0.25, 0.3) is 10.1 Å². The van der Waals surface area contributed by atoms with Gasteiger partial charge in [-0.2, -0.15) is 0 Å². The lowest BCUT2D eigenvalue weighted by molar-refractivity contribution is 0.0955. The number of nitrogens with zero attached hydrogens (tertiary/aromatic N) is 1. The van der Waals surface area contributed by atoms with E-state index in [1.165, 1.54) is 21.9 Å². The molecule has 0 radical (unpaired) electrons. The van der Waals surface area contributed by atoms with Gasteiger partial charge in [0.15, 0.2) is 0 Å². The Kier molecular flexibility index (Phi) is 4.89. The number of hydrogen-bond donors (Lipinski definition) is 1. The van der Waals surface area contributed by atoms with Crippen molar-refractivity contribution < 1.29 is 13.2 Å². The van der Waals surface area contributed by atoms with E-state index in [4.69, 9.17) is 0 Å². The molecule has 0 bridgehead atoms. The van der Waals surface area contributed by atoms with Crippen LogP contribution >= 0.6 is 11.3 Å². The van der Waals surface area contributed by atoms with Crippen LogP contribution in [0.5, 0.6) is 0 Å². The van der Waals surface area contributed by atoms with Gasteiger partial charge in [-0.1, -0.05) is 29.8 Å². The summed E-state index contributed by atoms with van der Waals surface area (Å²) in [4.78, 5) is 13.0.